The van der Waals surface area contributed by atoms with Gasteiger partial charge >= 0.3 is 4.33 Å². The summed E-state index contributed by atoms with van der Waals surface area (Å²) >= 11 is 0. The van der Waals surface area contributed by atoms with E-state index >= 15 is 4.39 Å². The predicted octanol–water partition coefficient (Wildman–Crippen LogP) is 3.63. The topological polar surface area (TPSA) is 88.5 Å². The van der Waals surface area contributed by atoms with Crippen molar-refractivity contribution < 1.29 is 26.3 Å². The average molecular weight is 447 g/mol. The van der Waals surface area contributed by atoms with Crippen LogP contribution < -0.4 is 0 Å². The molecule has 0 saturated heterocycles. The standard InChI is InChI=1S/C22H19FO5S2/c23-22(29(25,26)19-12-6-2-7-13-19,30(27,28)20-14-8-3-9-15-20)21(24)17-16-18-10-4-1-5-11-18/h1-17,21,24H/t21-/m0/s1. The molecular weight excluding hydrogens is 427 g/mol. The van der Waals surface area contributed by atoms with Crippen molar-refractivity contribution in [3.05, 3.63) is 103 Å². The zero-order chi connectivity index (χ0) is 21.8. The Morgan fingerprint density at radius 2 is 1.07 bits per heavy atom. The van der Waals surface area contributed by atoms with E-state index < -0.39 is 39.9 Å². The molecule has 0 heterocycles. The average Bonchev–Trinajstić information content (AvgIpc) is 2.78. The third kappa shape index (κ3) is 3.81. The Morgan fingerprint density at radius 3 is 1.47 bits per heavy atom. The Morgan fingerprint density at radius 1 is 0.700 bits per heavy atom. The molecule has 0 aromatic heterocycles. The van der Waals surface area contributed by atoms with Crippen molar-refractivity contribution in [2.45, 2.75) is 20.2 Å². The molecule has 3 rings (SSSR count). The van der Waals surface area contributed by atoms with Gasteiger partial charge < -0.3 is 5.11 Å². The summed E-state index contributed by atoms with van der Waals surface area (Å²) in [5, 5.41) is 10.6. The van der Waals surface area contributed by atoms with Gasteiger partial charge in [-0.1, -0.05) is 78.9 Å². The lowest BCUT2D eigenvalue weighted by Gasteiger charge is -2.28. The van der Waals surface area contributed by atoms with Gasteiger partial charge in [-0.3, -0.25) is 0 Å². The van der Waals surface area contributed by atoms with Gasteiger partial charge in [0.15, 0.2) is 0 Å². The van der Waals surface area contributed by atoms with E-state index in [4.69, 9.17) is 0 Å². The number of aliphatic hydroxyl groups excluding tert-OH is 1. The van der Waals surface area contributed by atoms with Crippen molar-refractivity contribution in [2.24, 2.45) is 0 Å². The molecular formula is C22H19FO5S2. The maximum atomic E-state index is 16.3. The van der Waals surface area contributed by atoms with Crippen molar-refractivity contribution >= 4 is 25.8 Å². The molecule has 0 aliphatic carbocycles. The minimum Gasteiger partial charge on any atom is -0.383 e. The highest BCUT2D eigenvalue weighted by Crippen LogP contribution is 2.40. The molecule has 0 bridgehead atoms. The van der Waals surface area contributed by atoms with Crippen LogP contribution in [0, 0.1) is 0 Å². The molecule has 0 fully saturated rings. The van der Waals surface area contributed by atoms with E-state index in [-0.39, 0.29) is 0 Å². The summed E-state index contributed by atoms with van der Waals surface area (Å²) in [6.07, 6.45) is -0.399. The smallest absolute Gasteiger partial charge is 0.346 e. The third-order valence-corrected chi connectivity index (χ3v) is 9.51. The van der Waals surface area contributed by atoms with Gasteiger partial charge in [0, 0.05) is 0 Å². The minimum atomic E-state index is -5.17. The van der Waals surface area contributed by atoms with Gasteiger partial charge in [-0.2, -0.15) is 0 Å². The lowest BCUT2D eigenvalue weighted by Crippen LogP contribution is -2.51. The van der Waals surface area contributed by atoms with E-state index in [9.17, 15) is 21.9 Å². The molecule has 30 heavy (non-hydrogen) atoms. The normalized spacial score (nSPS) is 13.9. The Kier molecular flexibility index (Phi) is 6.21. The van der Waals surface area contributed by atoms with E-state index in [1.807, 2.05) is 0 Å². The Bertz CT molecular complexity index is 1150. The highest BCUT2D eigenvalue weighted by atomic mass is 32.3. The fourth-order valence-corrected chi connectivity index (χ4v) is 7.06. The lowest BCUT2D eigenvalue weighted by atomic mass is 10.2. The molecule has 3 aromatic rings. The Hall–Kier alpha value is -2.81. The first-order valence-corrected chi connectivity index (χ1v) is 11.9. The molecule has 8 heteroatoms. The fourth-order valence-electron chi connectivity index (χ4n) is 2.86. The molecule has 156 valence electrons. The van der Waals surface area contributed by atoms with Crippen LogP contribution in [-0.2, 0) is 19.7 Å². The zero-order valence-electron chi connectivity index (χ0n) is 15.7. The summed E-state index contributed by atoms with van der Waals surface area (Å²) in [5.74, 6) is 0. The van der Waals surface area contributed by atoms with E-state index in [0.29, 0.717) is 5.56 Å². The second kappa shape index (κ2) is 8.51. The van der Waals surface area contributed by atoms with Crippen LogP contribution >= 0.6 is 0 Å². The fraction of sp³-hybridized carbons (Fsp3) is 0.0909. The van der Waals surface area contributed by atoms with Gasteiger partial charge in [-0.15, -0.1) is 0 Å². The third-order valence-electron chi connectivity index (χ3n) is 4.46. The van der Waals surface area contributed by atoms with E-state index in [1.54, 1.807) is 30.3 Å². The van der Waals surface area contributed by atoms with Crippen LogP contribution in [0.5, 0.6) is 0 Å². The van der Waals surface area contributed by atoms with Crippen LogP contribution in [0.4, 0.5) is 4.39 Å². The number of hydrogen-bond donors (Lipinski definition) is 1. The molecule has 0 spiro atoms. The van der Waals surface area contributed by atoms with Crippen LogP contribution in [0.2, 0.25) is 0 Å². The number of aliphatic hydroxyl groups is 1. The van der Waals surface area contributed by atoms with Gasteiger partial charge in [-0.05, 0) is 29.8 Å². The van der Waals surface area contributed by atoms with E-state index in [2.05, 4.69) is 0 Å². The van der Waals surface area contributed by atoms with Crippen LogP contribution in [0.1, 0.15) is 5.56 Å². The van der Waals surface area contributed by atoms with Crippen LogP contribution in [-0.4, -0.2) is 32.4 Å². The number of benzene rings is 3. The van der Waals surface area contributed by atoms with Crippen LogP contribution in [0.3, 0.4) is 0 Å². The summed E-state index contributed by atoms with van der Waals surface area (Å²) in [6, 6.07) is 21.1. The molecule has 0 radical (unpaired) electrons. The van der Waals surface area contributed by atoms with E-state index in [1.165, 1.54) is 42.5 Å². The summed E-state index contributed by atoms with van der Waals surface area (Å²) in [7, 11) is -10.3. The van der Waals surface area contributed by atoms with Crippen molar-refractivity contribution in [1.82, 2.24) is 0 Å². The number of alkyl halides is 1. The quantitative estimate of drug-likeness (QED) is 0.599. The van der Waals surface area contributed by atoms with Crippen molar-refractivity contribution in [3.63, 3.8) is 0 Å². The maximum absolute atomic E-state index is 16.3. The minimum absolute atomic E-state index is 0.535. The molecule has 5 nitrogen and oxygen atoms in total. The lowest BCUT2D eigenvalue weighted by molar-refractivity contribution is 0.134. The van der Waals surface area contributed by atoms with Crippen molar-refractivity contribution in [3.8, 4) is 0 Å². The van der Waals surface area contributed by atoms with E-state index in [0.717, 1.165) is 30.3 Å². The van der Waals surface area contributed by atoms with Crippen LogP contribution in [0.15, 0.2) is 107 Å². The Labute approximate surface area is 175 Å². The van der Waals surface area contributed by atoms with Crippen molar-refractivity contribution in [1.29, 1.82) is 0 Å². The molecule has 0 saturated carbocycles. The number of sulfone groups is 2. The summed E-state index contributed by atoms with van der Waals surface area (Å²) in [6.45, 7) is 0. The number of halogens is 1. The first-order chi connectivity index (χ1) is 14.2. The summed E-state index contributed by atoms with van der Waals surface area (Å²) < 4.78 is 65.0. The molecule has 0 aliphatic heterocycles. The number of hydrogen-bond acceptors (Lipinski definition) is 5. The second-order valence-corrected chi connectivity index (χ2v) is 10.8. The van der Waals surface area contributed by atoms with Crippen LogP contribution in [0.25, 0.3) is 6.08 Å². The highest BCUT2D eigenvalue weighted by Gasteiger charge is 2.61. The molecule has 0 amide bonds. The number of rotatable bonds is 7. The highest BCUT2D eigenvalue weighted by molar-refractivity contribution is 8.10. The van der Waals surface area contributed by atoms with Gasteiger partial charge in [0.1, 0.15) is 6.10 Å². The van der Waals surface area contributed by atoms with Gasteiger partial charge in [0.2, 0.25) is 19.7 Å². The first-order valence-electron chi connectivity index (χ1n) is 8.91. The molecule has 1 N–H and O–H groups in total. The molecule has 0 unspecified atom stereocenters. The van der Waals surface area contributed by atoms with Crippen molar-refractivity contribution in [2.75, 3.05) is 0 Å². The SMILES string of the molecule is O=S(=O)(c1ccccc1)C(F)([C@@H](O)C=Cc1ccccc1)S(=O)(=O)c1ccccc1. The van der Waals surface area contributed by atoms with Gasteiger partial charge in [-0.25, -0.2) is 21.2 Å². The Balaban J connectivity index is 2.20. The predicted molar refractivity (Wildman–Crippen MR) is 113 cm³/mol. The van der Waals surface area contributed by atoms with Gasteiger partial charge in [0.25, 0.3) is 0 Å². The molecule has 1 atom stereocenters. The molecule has 0 aliphatic rings. The summed E-state index contributed by atoms with van der Waals surface area (Å²) in [4.78, 5) is -1.11. The zero-order valence-corrected chi connectivity index (χ0v) is 17.3. The summed E-state index contributed by atoms with van der Waals surface area (Å²) in [5.41, 5.74) is 0.535. The largest absolute Gasteiger partial charge is 0.383 e. The maximum Gasteiger partial charge on any atom is 0.346 e. The molecule has 3 aromatic carbocycles. The monoisotopic (exact) mass is 446 g/mol. The second-order valence-electron chi connectivity index (χ2n) is 6.43. The van der Waals surface area contributed by atoms with Gasteiger partial charge in [0.05, 0.1) is 9.79 Å². The first kappa shape index (κ1) is 21.9.